The molecule has 0 N–H and O–H groups in total. The molecule has 0 fully saturated rings. The van der Waals surface area contributed by atoms with Crippen LogP contribution in [0.3, 0.4) is 0 Å². The topological polar surface area (TPSA) is 0 Å². The van der Waals surface area contributed by atoms with Gasteiger partial charge in [0.05, 0.1) is 0 Å². The molecule has 0 aromatic rings. The summed E-state index contributed by atoms with van der Waals surface area (Å²) in [6.07, 6.45) is 10.3. The van der Waals surface area contributed by atoms with Crippen molar-refractivity contribution in [1.82, 2.24) is 0 Å². The van der Waals surface area contributed by atoms with E-state index in [-0.39, 0.29) is 24.8 Å². The van der Waals surface area contributed by atoms with Gasteiger partial charge >= 0.3 is 101 Å². The zero-order chi connectivity index (χ0) is 11.0. The number of halogens is 2. The van der Waals surface area contributed by atoms with Crippen LogP contribution in [-0.2, 0) is 21.3 Å². The summed E-state index contributed by atoms with van der Waals surface area (Å²) < 4.78 is 7.90. The van der Waals surface area contributed by atoms with Gasteiger partial charge in [-0.1, -0.05) is 0 Å². The Morgan fingerprint density at radius 1 is 1.29 bits per heavy atom. The summed E-state index contributed by atoms with van der Waals surface area (Å²) in [6, 6.07) is 0. The molecule has 2 rings (SSSR count). The maximum absolute atomic E-state index is 4.53. The molecular weight excluding hydrogens is 330 g/mol. The van der Waals surface area contributed by atoms with Crippen molar-refractivity contribution in [2.24, 2.45) is 5.92 Å². The Labute approximate surface area is 125 Å². The van der Waals surface area contributed by atoms with Gasteiger partial charge in [0, 0.05) is 0 Å². The molecule has 0 radical (unpaired) electrons. The fourth-order valence-corrected chi connectivity index (χ4v) is 8.11. The van der Waals surface area contributed by atoms with Gasteiger partial charge in [0.25, 0.3) is 0 Å². The van der Waals surface area contributed by atoms with Crippen LogP contribution in [0.15, 0.2) is 42.0 Å². The van der Waals surface area contributed by atoms with Crippen LogP contribution in [0.2, 0.25) is 0 Å². The average Bonchev–Trinajstić information content (AvgIpc) is 2.76. The first-order valence-electron chi connectivity index (χ1n) is 5.56. The van der Waals surface area contributed by atoms with Gasteiger partial charge in [0.2, 0.25) is 0 Å². The molecule has 17 heavy (non-hydrogen) atoms. The van der Waals surface area contributed by atoms with Gasteiger partial charge < -0.3 is 0 Å². The van der Waals surface area contributed by atoms with E-state index >= 15 is 0 Å². The van der Waals surface area contributed by atoms with Crippen molar-refractivity contribution in [3.8, 4) is 0 Å². The monoisotopic (exact) mass is 348 g/mol. The second-order valence-electron chi connectivity index (χ2n) is 4.48. The number of rotatable bonds is 2. The fourth-order valence-electron chi connectivity index (χ4n) is 2.48. The molecule has 0 bridgehead atoms. The Bertz CT molecular complexity index is 439. The minimum atomic E-state index is -1.69. The van der Waals surface area contributed by atoms with Gasteiger partial charge in [0.1, 0.15) is 0 Å². The van der Waals surface area contributed by atoms with E-state index in [1.807, 2.05) is 0 Å². The number of hydrogen-bond acceptors (Lipinski definition) is 0. The summed E-state index contributed by atoms with van der Waals surface area (Å²) in [5, 5.41) is 0. The van der Waals surface area contributed by atoms with E-state index in [2.05, 4.69) is 49.3 Å². The minimum absolute atomic E-state index is 0. The molecule has 2 aliphatic rings. The van der Waals surface area contributed by atoms with Crippen LogP contribution in [0, 0.1) is 5.92 Å². The number of hydrogen-bond donors (Lipinski definition) is 0. The quantitative estimate of drug-likeness (QED) is 0.683. The van der Waals surface area contributed by atoms with E-state index in [0.29, 0.717) is 5.92 Å². The van der Waals surface area contributed by atoms with Crippen LogP contribution in [0.5, 0.6) is 0 Å². The van der Waals surface area contributed by atoms with E-state index in [0.717, 1.165) is 0 Å². The Hall–Kier alpha value is 0.293. The van der Waals surface area contributed by atoms with E-state index in [1.165, 1.54) is 12.0 Å². The molecule has 1 atom stereocenters. The predicted octanol–water partition coefficient (Wildman–Crippen LogP) is 4.59. The normalized spacial score (nSPS) is 21.7. The second kappa shape index (κ2) is 7.02. The third-order valence-corrected chi connectivity index (χ3v) is 9.89. The predicted molar refractivity (Wildman–Crippen MR) is 79.1 cm³/mol. The molecule has 0 aromatic carbocycles. The zero-order valence-corrected chi connectivity index (χ0v) is 14.7. The maximum atomic E-state index is 4.53. The van der Waals surface area contributed by atoms with Gasteiger partial charge in [-0.3, -0.25) is 0 Å². The molecule has 0 spiro atoms. The standard InChI is InChI=1S/C8H11.C5H5.CH2.2ClH.Zr/c1-6-4-7(2)8(3)5-6;1-2-4-5-3-1;;;;/h4,6H,1-3H3;1-3H,4H2;1H2;2*1H;. The van der Waals surface area contributed by atoms with Crippen molar-refractivity contribution < 1.29 is 21.3 Å². The third kappa shape index (κ3) is 3.40. The van der Waals surface area contributed by atoms with Gasteiger partial charge in [0.15, 0.2) is 0 Å². The molecule has 1 unspecified atom stereocenters. The van der Waals surface area contributed by atoms with Gasteiger partial charge in [-0.25, -0.2) is 0 Å². The first-order valence-corrected chi connectivity index (χ1v) is 9.75. The second-order valence-corrected chi connectivity index (χ2v) is 9.74. The first kappa shape index (κ1) is 17.3. The molecule has 0 saturated heterocycles. The van der Waals surface area contributed by atoms with E-state index < -0.39 is 21.3 Å². The molecule has 94 valence electrons. The van der Waals surface area contributed by atoms with Gasteiger partial charge in [-0.15, -0.1) is 24.8 Å². The molecular formula is C14H20Cl2Zr. The number of allylic oxidation sites excluding steroid dienone is 8. The molecule has 0 saturated carbocycles. The van der Waals surface area contributed by atoms with E-state index in [9.17, 15) is 0 Å². The summed E-state index contributed by atoms with van der Waals surface area (Å²) >= 11 is -1.69. The zero-order valence-electron chi connectivity index (χ0n) is 10.6. The van der Waals surface area contributed by atoms with Gasteiger partial charge in [-0.2, -0.15) is 0 Å². The van der Waals surface area contributed by atoms with Crippen molar-refractivity contribution in [1.29, 1.82) is 0 Å². The first-order chi connectivity index (χ1) is 7.11. The van der Waals surface area contributed by atoms with Crippen LogP contribution in [-0.4, -0.2) is 4.21 Å². The Kier molecular flexibility index (Phi) is 7.14. The summed E-state index contributed by atoms with van der Waals surface area (Å²) in [5.74, 6) is 0.651. The van der Waals surface area contributed by atoms with Crippen LogP contribution < -0.4 is 0 Å². The van der Waals surface area contributed by atoms with Crippen molar-refractivity contribution in [3.05, 3.63) is 42.0 Å². The van der Waals surface area contributed by atoms with Crippen molar-refractivity contribution >= 4 is 29.0 Å². The summed E-state index contributed by atoms with van der Waals surface area (Å²) in [4.78, 5) is 0. The molecule has 2 aliphatic carbocycles. The molecule has 3 heteroatoms. The average molecular weight is 350 g/mol. The van der Waals surface area contributed by atoms with Crippen LogP contribution in [0.4, 0.5) is 0 Å². The fraction of sp³-hybridized carbons (Fsp3) is 0.357. The summed E-state index contributed by atoms with van der Waals surface area (Å²) in [5.41, 5.74) is 3.02. The Morgan fingerprint density at radius 2 is 1.94 bits per heavy atom. The molecule has 0 heterocycles. The van der Waals surface area contributed by atoms with Gasteiger partial charge in [-0.05, 0) is 0 Å². The summed E-state index contributed by atoms with van der Waals surface area (Å²) in [6.45, 7) is 6.83. The van der Waals surface area contributed by atoms with Crippen LogP contribution in [0.1, 0.15) is 27.2 Å². The molecule has 0 amide bonds. The van der Waals surface area contributed by atoms with Crippen molar-refractivity contribution in [3.63, 3.8) is 0 Å². The molecule has 0 aromatic heterocycles. The van der Waals surface area contributed by atoms with E-state index in [1.54, 1.807) is 12.1 Å². The van der Waals surface area contributed by atoms with Crippen LogP contribution >= 0.6 is 24.8 Å². The van der Waals surface area contributed by atoms with Crippen molar-refractivity contribution in [2.45, 2.75) is 27.2 Å². The molecule has 0 aliphatic heterocycles. The summed E-state index contributed by atoms with van der Waals surface area (Å²) in [7, 11) is 0. The molecule has 0 nitrogen and oxygen atoms in total. The van der Waals surface area contributed by atoms with E-state index in [4.69, 9.17) is 0 Å². The van der Waals surface area contributed by atoms with Crippen LogP contribution in [0.25, 0.3) is 0 Å². The third-order valence-electron chi connectivity index (χ3n) is 3.43. The Morgan fingerprint density at radius 3 is 2.35 bits per heavy atom. The van der Waals surface area contributed by atoms with Crippen molar-refractivity contribution in [2.75, 3.05) is 0 Å². The SMILES string of the molecule is Cl.Cl.[CH2]=[Zr]([C]1=CC=CC1)[C]1=C(C)C(C)=CC1C. The Balaban J connectivity index is 0.00000128.